The summed E-state index contributed by atoms with van der Waals surface area (Å²) in [5.41, 5.74) is 3.35. The molecule has 0 saturated carbocycles. The Morgan fingerprint density at radius 2 is 2.19 bits per heavy atom. The summed E-state index contributed by atoms with van der Waals surface area (Å²) in [6, 6.07) is 11.5. The first-order valence-electron chi connectivity index (χ1n) is 8.95. The monoisotopic (exact) mass is 380 g/mol. The van der Waals surface area contributed by atoms with Gasteiger partial charge in [0.15, 0.2) is 0 Å². The number of anilines is 2. The van der Waals surface area contributed by atoms with Crippen LogP contribution in [0.25, 0.3) is 0 Å². The molecule has 3 aliphatic rings. The highest BCUT2D eigenvalue weighted by molar-refractivity contribution is 8.00. The predicted octanol–water partition coefficient (Wildman–Crippen LogP) is 3.39. The van der Waals surface area contributed by atoms with Gasteiger partial charge in [0.2, 0.25) is 5.91 Å². The molecule has 0 atom stereocenters. The number of para-hydroxylation sites is 2. The van der Waals surface area contributed by atoms with E-state index in [1.54, 1.807) is 19.2 Å². The quantitative estimate of drug-likeness (QED) is 0.801. The number of benzene rings is 1. The second kappa shape index (κ2) is 7.49. The first-order valence-corrected chi connectivity index (χ1v) is 9.94. The molecule has 4 heterocycles. The molecule has 2 bridgehead atoms. The minimum Gasteiger partial charge on any atom is -0.495 e. The zero-order chi connectivity index (χ0) is 18.8. The number of rotatable bonds is 5. The molecule has 138 valence electrons. The van der Waals surface area contributed by atoms with Crippen molar-refractivity contribution >= 4 is 29.0 Å². The molecule has 2 aromatic rings. The molecule has 1 aromatic heterocycles. The second-order valence-electron chi connectivity index (χ2n) is 6.66. The fourth-order valence-corrected chi connectivity index (χ4v) is 4.47. The number of pyridine rings is 1. The summed E-state index contributed by atoms with van der Waals surface area (Å²) in [6.45, 7) is 2.08. The summed E-state index contributed by atoms with van der Waals surface area (Å²) in [5.74, 6) is 1.12. The highest BCUT2D eigenvalue weighted by Gasteiger charge is 2.33. The van der Waals surface area contributed by atoms with Crippen molar-refractivity contribution in [3.8, 4) is 11.8 Å². The van der Waals surface area contributed by atoms with E-state index in [1.807, 2.05) is 18.2 Å². The third kappa shape index (κ3) is 3.45. The van der Waals surface area contributed by atoms with Crippen LogP contribution in [0.1, 0.15) is 30.0 Å². The van der Waals surface area contributed by atoms with Gasteiger partial charge >= 0.3 is 0 Å². The number of nitrogens with one attached hydrogen (secondary N) is 1. The molecule has 1 aromatic carbocycles. The average molecular weight is 380 g/mol. The first kappa shape index (κ1) is 17.7. The number of hydrogen-bond donors (Lipinski definition) is 1. The van der Waals surface area contributed by atoms with Crippen molar-refractivity contribution in [1.29, 1.82) is 5.26 Å². The zero-order valence-corrected chi connectivity index (χ0v) is 15.9. The van der Waals surface area contributed by atoms with E-state index in [2.05, 4.69) is 16.3 Å². The van der Waals surface area contributed by atoms with Gasteiger partial charge in [0.25, 0.3) is 0 Å². The van der Waals surface area contributed by atoms with Gasteiger partial charge in [-0.1, -0.05) is 23.9 Å². The molecule has 1 N–H and O–H groups in total. The lowest BCUT2D eigenvalue weighted by Crippen LogP contribution is -2.39. The lowest BCUT2D eigenvalue weighted by Gasteiger charge is -2.41. The van der Waals surface area contributed by atoms with Crippen LogP contribution in [0.4, 0.5) is 11.4 Å². The number of methoxy groups -OCH3 is 1. The van der Waals surface area contributed by atoms with Gasteiger partial charge in [-0.05, 0) is 31.0 Å². The maximum Gasteiger partial charge on any atom is 0.234 e. The maximum absolute atomic E-state index is 12.4. The van der Waals surface area contributed by atoms with E-state index in [9.17, 15) is 10.1 Å². The van der Waals surface area contributed by atoms with Crippen LogP contribution in [-0.4, -0.2) is 36.8 Å². The summed E-state index contributed by atoms with van der Waals surface area (Å²) in [5, 5.41) is 13.0. The predicted molar refractivity (Wildman–Crippen MR) is 105 cm³/mol. The number of ether oxygens (including phenoxy) is 1. The molecular formula is C20H20N4O2S. The number of thioether (sulfide) groups is 1. The molecule has 1 fully saturated rings. The lowest BCUT2D eigenvalue weighted by molar-refractivity contribution is -0.113. The van der Waals surface area contributed by atoms with E-state index in [0.29, 0.717) is 27.9 Å². The Labute approximate surface area is 162 Å². The number of piperidine rings is 1. The molecule has 5 rings (SSSR count). The highest BCUT2D eigenvalue weighted by atomic mass is 32.2. The summed E-state index contributed by atoms with van der Waals surface area (Å²) in [6.07, 6.45) is 2.23. The number of aromatic nitrogens is 1. The van der Waals surface area contributed by atoms with Crippen molar-refractivity contribution in [3.63, 3.8) is 0 Å². The zero-order valence-electron chi connectivity index (χ0n) is 15.1. The van der Waals surface area contributed by atoms with Gasteiger partial charge < -0.3 is 15.0 Å². The van der Waals surface area contributed by atoms with Crippen LogP contribution in [0.5, 0.6) is 5.75 Å². The molecule has 3 aliphatic heterocycles. The van der Waals surface area contributed by atoms with Gasteiger partial charge in [-0.3, -0.25) is 4.79 Å². The Hall–Kier alpha value is -2.72. The number of carbonyl (C=O) groups excluding carboxylic acids is 1. The van der Waals surface area contributed by atoms with E-state index in [4.69, 9.17) is 9.72 Å². The first-order chi connectivity index (χ1) is 13.2. The van der Waals surface area contributed by atoms with E-state index >= 15 is 0 Å². The van der Waals surface area contributed by atoms with Crippen LogP contribution in [0.2, 0.25) is 0 Å². The molecule has 6 nitrogen and oxygen atoms in total. The van der Waals surface area contributed by atoms with Crippen LogP contribution in [-0.2, 0) is 4.79 Å². The molecule has 27 heavy (non-hydrogen) atoms. The Morgan fingerprint density at radius 1 is 1.41 bits per heavy atom. The SMILES string of the molecule is COc1ccccc1NC(=O)CSc1nc2c(cc1C#N)N1CCC2CC1. The topological polar surface area (TPSA) is 78.2 Å². The summed E-state index contributed by atoms with van der Waals surface area (Å²) in [7, 11) is 1.57. The van der Waals surface area contributed by atoms with Crippen molar-refractivity contribution in [2.24, 2.45) is 0 Å². The second-order valence-corrected chi connectivity index (χ2v) is 7.62. The molecule has 1 saturated heterocycles. The van der Waals surface area contributed by atoms with Crippen molar-refractivity contribution in [3.05, 3.63) is 41.6 Å². The molecule has 0 aliphatic carbocycles. The number of nitriles is 1. The van der Waals surface area contributed by atoms with Crippen LogP contribution < -0.4 is 15.0 Å². The van der Waals surface area contributed by atoms with Gasteiger partial charge in [0, 0.05) is 19.0 Å². The Morgan fingerprint density at radius 3 is 2.93 bits per heavy atom. The van der Waals surface area contributed by atoms with E-state index in [-0.39, 0.29) is 11.7 Å². The normalized spacial score (nSPS) is 15.2. The van der Waals surface area contributed by atoms with Crippen LogP contribution in [0.3, 0.4) is 0 Å². The van der Waals surface area contributed by atoms with Crippen LogP contribution in [0.15, 0.2) is 35.4 Å². The van der Waals surface area contributed by atoms with Gasteiger partial charge in [0.1, 0.15) is 16.8 Å². The van der Waals surface area contributed by atoms with Crippen LogP contribution in [0, 0.1) is 11.3 Å². The molecule has 0 radical (unpaired) electrons. The third-order valence-corrected chi connectivity index (χ3v) is 6.05. The fourth-order valence-electron chi connectivity index (χ4n) is 3.71. The van der Waals surface area contributed by atoms with Gasteiger partial charge in [-0.15, -0.1) is 0 Å². The fraction of sp³-hybridized carbons (Fsp3) is 0.350. The molecule has 0 unspecified atom stereocenters. The number of fused-ring (bicyclic) bond motifs is 2. The van der Waals surface area contributed by atoms with Crippen molar-refractivity contribution in [2.45, 2.75) is 23.8 Å². The Bertz CT molecular complexity index is 917. The summed E-state index contributed by atoms with van der Waals surface area (Å²) in [4.78, 5) is 19.4. The van der Waals surface area contributed by atoms with Crippen molar-refractivity contribution in [2.75, 3.05) is 36.2 Å². The number of hydrogen-bond acceptors (Lipinski definition) is 6. The van der Waals surface area contributed by atoms with Gasteiger partial charge in [-0.25, -0.2) is 4.98 Å². The standard InChI is InChI=1S/C20H20N4O2S/c1-26-17-5-3-2-4-15(17)22-18(25)12-27-20-14(11-21)10-16-19(23-20)13-6-8-24(16)9-7-13/h2-5,10,13H,6-9,12H2,1H3,(H,22,25). The Kier molecular flexibility index (Phi) is 4.90. The number of amides is 1. The summed E-state index contributed by atoms with van der Waals surface area (Å²) < 4.78 is 5.25. The van der Waals surface area contributed by atoms with E-state index < -0.39 is 0 Å². The highest BCUT2D eigenvalue weighted by Crippen LogP contribution is 2.42. The van der Waals surface area contributed by atoms with E-state index in [0.717, 1.165) is 37.3 Å². The van der Waals surface area contributed by atoms with Crippen molar-refractivity contribution in [1.82, 2.24) is 4.98 Å². The third-order valence-electron chi connectivity index (χ3n) is 5.06. The molecular weight excluding hydrogens is 360 g/mol. The minimum atomic E-state index is -0.154. The Balaban J connectivity index is 1.49. The molecule has 7 heteroatoms. The summed E-state index contributed by atoms with van der Waals surface area (Å²) >= 11 is 1.31. The maximum atomic E-state index is 12.4. The van der Waals surface area contributed by atoms with Crippen LogP contribution >= 0.6 is 11.8 Å². The minimum absolute atomic E-state index is 0.154. The number of nitrogens with zero attached hydrogens (tertiary/aromatic N) is 3. The van der Waals surface area contributed by atoms with Gasteiger partial charge in [-0.2, -0.15) is 5.26 Å². The van der Waals surface area contributed by atoms with Crippen molar-refractivity contribution < 1.29 is 9.53 Å². The molecule has 1 amide bonds. The smallest absolute Gasteiger partial charge is 0.234 e. The largest absolute Gasteiger partial charge is 0.495 e. The average Bonchev–Trinajstić information content (AvgIpc) is 2.72. The number of carbonyl (C=O) groups is 1. The molecule has 0 spiro atoms. The lowest BCUT2D eigenvalue weighted by atomic mass is 9.86. The van der Waals surface area contributed by atoms with Gasteiger partial charge in [0.05, 0.1) is 35.5 Å². The van der Waals surface area contributed by atoms with E-state index in [1.165, 1.54) is 11.8 Å².